The molecule has 6 heteroatoms. The number of rotatable bonds is 3. The number of fused-ring (bicyclic) bond motifs is 1. The zero-order valence-electron chi connectivity index (χ0n) is 10.1. The molecule has 2 rings (SSSR count). The number of carbonyl (C=O) groups is 1. The van der Waals surface area contributed by atoms with Crippen LogP contribution in [0.1, 0.15) is 23.0 Å². The average molecular weight is 247 g/mol. The van der Waals surface area contributed by atoms with Gasteiger partial charge in [-0.1, -0.05) is 0 Å². The van der Waals surface area contributed by atoms with Crippen LogP contribution < -0.4 is 11.0 Å². The molecular weight excluding hydrogens is 234 g/mol. The van der Waals surface area contributed by atoms with E-state index in [4.69, 9.17) is 0 Å². The van der Waals surface area contributed by atoms with Crippen molar-refractivity contribution in [3.05, 3.63) is 39.9 Å². The minimum atomic E-state index is -1.09. The van der Waals surface area contributed by atoms with Crippen molar-refractivity contribution in [3.63, 3.8) is 0 Å². The maximum absolute atomic E-state index is 12.2. The highest BCUT2D eigenvalue weighted by molar-refractivity contribution is 6.02. The van der Waals surface area contributed by atoms with Crippen molar-refractivity contribution >= 4 is 16.9 Å². The van der Waals surface area contributed by atoms with E-state index in [1.807, 2.05) is 6.92 Å². The SMILES string of the molecule is CCNn1c(C)c(C(=O)O)c2ncccc2c1=O. The van der Waals surface area contributed by atoms with Crippen molar-refractivity contribution in [3.8, 4) is 0 Å². The Morgan fingerprint density at radius 2 is 2.28 bits per heavy atom. The molecule has 0 saturated heterocycles. The molecule has 6 nitrogen and oxygen atoms in total. The van der Waals surface area contributed by atoms with Crippen molar-refractivity contribution in [2.24, 2.45) is 0 Å². The lowest BCUT2D eigenvalue weighted by atomic mass is 10.1. The monoisotopic (exact) mass is 247 g/mol. The predicted octanol–water partition coefficient (Wildman–Crippen LogP) is 0.967. The maximum atomic E-state index is 12.2. The Morgan fingerprint density at radius 1 is 1.56 bits per heavy atom. The molecule has 18 heavy (non-hydrogen) atoms. The molecule has 94 valence electrons. The summed E-state index contributed by atoms with van der Waals surface area (Å²) in [6.45, 7) is 3.94. The molecule has 0 atom stereocenters. The summed E-state index contributed by atoms with van der Waals surface area (Å²) >= 11 is 0. The van der Waals surface area contributed by atoms with Gasteiger partial charge in [0.1, 0.15) is 5.56 Å². The Balaban J connectivity index is 2.96. The first kappa shape index (κ1) is 12.1. The number of nitrogens with zero attached hydrogens (tertiary/aromatic N) is 2. The number of aromatic nitrogens is 2. The van der Waals surface area contributed by atoms with Gasteiger partial charge in [0.2, 0.25) is 0 Å². The second-order valence-corrected chi connectivity index (χ2v) is 3.82. The average Bonchev–Trinajstić information content (AvgIpc) is 2.34. The molecule has 0 bridgehead atoms. The molecule has 0 spiro atoms. The summed E-state index contributed by atoms with van der Waals surface area (Å²) in [6.07, 6.45) is 1.48. The fourth-order valence-electron chi connectivity index (χ4n) is 1.94. The number of carboxylic acid groups (broad SMARTS) is 1. The van der Waals surface area contributed by atoms with Crippen LogP contribution in [0.5, 0.6) is 0 Å². The van der Waals surface area contributed by atoms with Crippen LogP contribution >= 0.6 is 0 Å². The highest BCUT2D eigenvalue weighted by atomic mass is 16.4. The van der Waals surface area contributed by atoms with Crippen molar-refractivity contribution in [1.82, 2.24) is 9.66 Å². The van der Waals surface area contributed by atoms with Gasteiger partial charge in [0, 0.05) is 12.7 Å². The Kier molecular flexibility index (Phi) is 3.01. The fraction of sp³-hybridized carbons (Fsp3) is 0.250. The largest absolute Gasteiger partial charge is 0.478 e. The van der Waals surface area contributed by atoms with Gasteiger partial charge in [0.15, 0.2) is 0 Å². The first-order valence-electron chi connectivity index (χ1n) is 5.55. The lowest BCUT2D eigenvalue weighted by molar-refractivity contribution is 0.0697. The minimum Gasteiger partial charge on any atom is -0.478 e. The van der Waals surface area contributed by atoms with E-state index in [1.54, 1.807) is 19.1 Å². The van der Waals surface area contributed by atoms with Gasteiger partial charge < -0.3 is 10.5 Å². The van der Waals surface area contributed by atoms with E-state index in [2.05, 4.69) is 10.4 Å². The quantitative estimate of drug-likeness (QED) is 0.844. The molecule has 0 aromatic carbocycles. The first-order chi connectivity index (χ1) is 8.57. The molecule has 0 aliphatic carbocycles. The van der Waals surface area contributed by atoms with Gasteiger partial charge in [0.25, 0.3) is 5.56 Å². The van der Waals surface area contributed by atoms with Crippen LogP contribution in [0, 0.1) is 6.92 Å². The van der Waals surface area contributed by atoms with Gasteiger partial charge in [0.05, 0.1) is 16.6 Å². The van der Waals surface area contributed by atoms with Crippen LogP contribution in [-0.4, -0.2) is 27.3 Å². The van der Waals surface area contributed by atoms with Crippen LogP contribution in [0.4, 0.5) is 0 Å². The van der Waals surface area contributed by atoms with Crippen LogP contribution in [0.15, 0.2) is 23.1 Å². The summed E-state index contributed by atoms with van der Waals surface area (Å²) in [4.78, 5) is 27.5. The third kappa shape index (κ3) is 1.71. The van der Waals surface area contributed by atoms with E-state index in [0.717, 1.165) is 0 Å². The second kappa shape index (κ2) is 4.48. The van der Waals surface area contributed by atoms with E-state index < -0.39 is 5.97 Å². The number of pyridine rings is 2. The lowest BCUT2D eigenvalue weighted by Gasteiger charge is -2.14. The zero-order valence-corrected chi connectivity index (χ0v) is 10.1. The highest BCUT2D eigenvalue weighted by Gasteiger charge is 2.19. The Morgan fingerprint density at radius 3 is 2.89 bits per heavy atom. The summed E-state index contributed by atoms with van der Waals surface area (Å²) in [5.74, 6) is -1.09. The van der Waals surface area contributed by atoms with Gasteiger partial charge in [-0.25, -0.2) is 9.47 Å². The molecule has 0 radical (unpaired) electrons. The topological polar surface area (TPSA) is 84.2 Å². The Labute approximate surface area is 103 Å². The third-order valence-corrected chi connectivity index (χ3v) is 2.71. The predicted molar refractivity (Wildman–Crippen MR) is 67.6 cm³/mol. The van der Waals surface area contributed by atoms with Crippen molar-refractivity contribution in [2.75, 3.05) is 12.0 Å². The summed E-state index contributed by atoms with van der Waals surface area (Å²) in [5, 5.41) is 9.56. The minimum absolute atomic E-state index is 0.0474. The lowest BCUT2D eigenvalue weighted by Crippen LogP contribution is -2.33. The third-order valence-electron chi connectivity index (χ3n) is 2.71. The number of carboxylic acids is 1. The van der Waals surface area contributed by atoms with Gasteiger partial charge in [-0.3, -0.25) is 9.78 Å². The summed E-state index contributed by atoms with van der Waals surface area (Å²) in [6, 6.07) is 3.19. The molecule has 0 aliphatic rings. The van der Waals surface area contributed by atoms with Gasteiger partial charge >= 0.3 is 5.97 Å². The van der Waals surface area contributed by atoms with Crippen molar-refractivity contribution in [1.29, 1.82) is 0 Å². The van der Waals surface area contributed by atoms with E-state index in [1.165, 1.54) is 10.9 Å². The smallest absolute Gasteiger partial charge is 0.339 e. The Hall–Kier alpha value is -2.37. The Bertz CT molecular complexity index is 676. The number of aromatic carboxylic acids is 1. The summed E-state index contributed by atoms with van der Waals surface area (Å²) in [7, 11) is 0. The van der Waals surface area contributed by atoms with E-state index in [0.29, 0.717) is 17.6 Å². The van der Waals surface area contributed by atoms with Crippen molar-refractivity contribution in [2.45, 2.75) is 13.8 Å². The summed E-state index contributed by atoms with van der Waals surface area (Å²) in [5.41, 5.74) is 3.17. The number of hydrogen-bond donors (Lipinski definition) is 2. The number of hydrogen-bond acceptors (Lipinski definition) is 4. The molecule has 2 N–H and O–H groups in total. The van der Waals surface area contributed by atoms with E-state index >= 15 is 0 Å². The fourth-order valence-corrected chi connectivity index (χ4v) is 1.94. The van der Waals surface area contributed by atoms with Crippen LogP contribution in [0.3, 0.4) is 0 Å². The number of nitrogens with one attached hydrogen (secondary N) is 1. The van der Waals surface area contributed by atoms with Crippen LogP contribution in [0.2, 0.25) is 0 Å². The van der Waals surface area contributed by atoms with E-state index in [9.17, 15) is 14.7 Å². The molecule has 0 unspecified atom stereocenters. The van der Waals surface area contributed by atoms with Crippen LogP contribution in [-0.2, 0) is 0 Å². The summed E-state index contributed by atoms with van der Waals surface area (Å²) < 4.78 is 1.26. The molecular formula is C12H13N3O3. The molecule has 2 aromatic heterocycles. The normalized spacial score (nSPS) is 10.6. The van der Waals surface area contributed by atoms with Gasteiger partial charge in [-0.05, 0) is 26.0 Å². The van der Waals surface area contributed by atoms with Crippen LogP contribution in [0.25, 0.3) is 10.9 Å². The molecule has 0 fully saturated rings. The standard InChI is InChI=1S/C12H13N3O3/c1-3-14-15-7(2)9(12(17)18)10-8(11(15)16)5-4-6-13-10/h4-6,14H,3H2,1-2H3,(H,17,18). The first-order valence-corrected chi connectivity index (χ1v) is 5.55. The maximum Gasteiger partial charge on any atom is 0.339 e. The van der Waals surface area contributed by atoms with Crippen molar-refractivity contribution < 1.29 is 9.90 Å². The van der Waals surface area contributed by atoms with Gasteiger partial charge in [-0.2, -0.15) is 0 Å². The zero-order chi connectivity index (χ0) is 13.3. The molecule has 2 aromatic rings. The van der Waals surface area contributed by atoms with E-state index in [-0.39, 0.29) is 16.6 Å². The van der Waals surface area contributed by atoms with Gasteiger partial charge in [-0.15, -0.1) is 0 Å². The molecule has 0 amide bonds. The molecule has 2 heterocycles. The molecule has 0 aliphatic heterocycles. The molecule has 0 saturated carbocycles. The second-order valence-electron chi connectivity index (χ2n) is 3.82. The highest BCUT2D eigenvalue weighted by Crippen LogP contribution is 2.16.